The Morgan fingerprint density at radius 2 is 1.44 bits per heavy atom. The van der Waals surface area contributed by atoms with Gasteiger partial charge in [0.15, 0.2) is 0 Å². The van der Waals surface area contributed by atoms with E-state index in [2.05, 4.69) is 45.0 Å². The molecule has 0 spiro atoms. The van der Waals surface area contributed by atoms with Crippen LogP contribution in [0.2, 0.25) is 0 Å². The summed E-state index contributed by atoms with van der Waals surface area (Å²) in [6.07, 6.45) is 3.30. The molecule has 0 aliphatic heterocycles. The number of hydrogen-bond acceptors (Lipinski definition) is 1. The minimum Gasteiger partial charge on any atom is -0.344 e. The van der Waals surface area contributed by atoms with Crippen LogP contribution in [0, 0.1) is 0 Å². The van der Waals surface area contributed by atoms with Crippen LogP contribution in [0.3, 0.4) is 0 Å². The number of alkyl halides is 2. The molecule has 0 amide bonds. The molecule has 0 radical (unpaired) electrons. The summed E-state index contributed by atoms with van der Waals surface area (Å²) in [7, 11) is 0. The van der Waals surface area contributed by atoms with Gasteiger partial charge in [0.05, 0.1) is 0 Å². The first-order valence-electron chi connectivity index (χ1n) is 2.39. The molecule has 0 aliphatic rings. The van der Waals surface area contributed by atoms with Gasteiger partial charge in [-0.3, -0.25) is 0 Å². The molecule has 0 N–H and O–H groups in total. The molecular formula is C6H8Br2O. The van der Waals surface area contributed by atoms with E-state index in [1.807, 2.05) is 0 Å². The zero-order valence-corrected chi connectivity index (χ0v) is 8.06. The van der Waals surface area contributed by atoms with Crippen molar-refractivity contribution < 1.29 is 4.74 Å². The molecule has 0 aromatic heterocycles. The summed E-state index contributed by atoms with van der Waals surface area (Å²) in [6, 6.07) is 0. The van der Waals surface area contributed by atoms with E-state index >= 15 is 0 Å². The molecule has 0 aromatic rings. The van der Waals surface area contributed by atoms with Gasteiger partial charge in [-0.1, -0.05) is 57.2 Å². The first-order valence-corrected chi connectivity index (χ1v) is 4.22. The van der Waals surface area contributed by atoms with Gasteiger partial charge in [0.25, 0.3) is 0 Å². The van der Waals surface area contributed by atoms with Gasteiger partial charge in [-0.05, 0) is 0 Å². The van der Waals surface area contributed by atoms with Crippen LogP contribution in [0.25, 0.3) is 0 Å². The van der Waals surface area contributed by atoms with Crippen LogP contribution in [0.1, 0.15) is 0 Å². The maximum Gasteiger partial charge on any atom is 0.132 e. The molecule has 52 valence electrons. The van der Waals surface area contributed by atoms with Crippen molar-refractivity contribution in [1.29, 1.82) is 0 Å². The summed E-state index contributed by atoms with van der Waals surface area (Å²) in [4.78, 5) is 0. The maximum atomic E-state index is 5.15. The lowest BCUT2D eigenvalue weighted by molar-refractivity contribution is 0.156. The molecule has 0 aliphatic carbocycles. The molecule has 0 rings (SSSR count). The van der Waals surface area contributed by atoms with Gasteiger partial charge < -0.3 is 4.74 Å². The molecule has 2 unspecified atom stereocenters. The van der Waals surface area contributed by atoms with Crippen LogP contribution in [-0.4, -0.2) is 10.0 Å². The Morgan fingerprint density at radius 3 is 1.67 bits per heavy atom. The Balaban J connectivity index is 3.45. The van der Waals surface area contributed by atoms with Crippen LogP contribution < -0.4 is 0 Å². The molecule has 0 fully saturated rings. The lowest BCUT2D eigenvalue weighted by Gasteiger charge is -2.08. The quantitative estimate of drug-likeness (QED) is 0.555. The van der Waals surface area contributed by atoms with Crippen molar-refractivity contribution in [2.45, 2.75) is 10.0 Å². The number of halogens is 2. The van der Waals surface area contributed by atoms with Crippen LogP contribution in [0.5, 0.6) is 0 Å². The fourth-order valence-electron chi connectivity index (χ4n) is 0.235. The van der Waals surface area contributed by atoms with Crippen molar-refractivity contribution in [1.82, 2.24) is 0 Å². The third-order valence-corrected chi connectivity index (χ3v) is 1.81. The fraction of sp³-hybridized carbons (Fsp3) is 0.333. The summed E-state index contributed by atoms with van der Waals surface area (Å²) in [5.41, 5.74) is 0. The van der Waals surface area contributed by atoms with E-state index in [0.717, 1.165) is 0 Å². The van der Waals surface area contributed by atoms with Crippen LogP contribution in [-0.2, 0) is 4.74 Å². The molecule has 0 saturated heterocycles. The topological polar surface area (TPSA) is 9.23 Å². The van der Waals surface area contributed by atoms with E-state index in [-0.39, 0.29) is 10.0 Å². The Bertz CT molecular complexity index is 91.2. The van der Waals surface area contributed by atoms with Gasteiger partial charge in [0, 0.05) is 0 Å². The lowest BCUT2D eigenvalue weighted by atomic mass is 10.6. The highest BCUT2D eigenvalue weighted by Gasteiger charge is 2.02. The van der Waals surface area contributed by atoms with E-state index in [1.54, 1.807) is 12.2 Å². The monoisotopic (exact) mass is 254 g/mol. The van der Waals surface area contributed by atoms with Crippen molar-refractivity contribution in [2.24, 2.45) is 0 Å². The second kappa shape index (κ2) is 5.21. The normalized spacial score (nSPS) is 16.2. The van der Waals surface area contributed by atoms with E-state index < -0.39 is 0 Å². The number of ether oxygens (including phenoxy) is 1. The van der Waals surface area contributed by atoms with Crippen LogP contribution in [0.15, 0.2) is 25.3 Å². The summed E-state index contributed by atoms with van der Waals surface area (Å²) < 4.78 is 5.15. The maximum absolute atomic E-state index is 5.15. The summed E-state index contributed by atoms with van der Waals surface area (Å²) in [5.74, 6) is 0. The van der Waals surface area contributed by atoms with Gasteiger partial charge in [-0.15, -0.1) is 0 Å². The predicted octanol–water partition coefficient (Wildman–Crippen LogP) is 2.82. The zero-order valence-electron chi connectivity index (χ0n) is 4.89. The second-order valence-corrected chi connectivity index (χ2v) is 3.11. The van der Waals surface area contributed by atoms with Gasteiger partial charge in [0.2, 0.25) is 0 Å². The summed E-state index contributed by atoms with van der Waals surface area (Å²) in [5, 5.41) is -0.222. The van der Waals surface area contributed by atoms with Crippen molar-refractivity contribution in [2.75, 3.05) is 0 Å². The van der Waals surface area contributed by atoms with E-state index in [0.29, 0.717) is 0 Å². The highest BCUT2D eigenvalue weighted by Crippen LogP contribution is 2.11. The number of rotatable bonds is 4. The van der Waals surface area contributed by atoms with Gasteiger partial charge in [0.1, 0.15) is 10.0 Å². The van der Waals surface area contributed by atoms with E-state index in [1.165, 1.54) is 0 Å². The van der Waals surface area contributed by atoms with Crippen molar-refractivity contribution in [3.05, 3.63) is 25.3 Å². The molecule has 1 nitrogen and oxygen atoms in total. The zero-order chi connectivity index (χ0) is 7.28. The Morgan fingerprint density at radius 1 is 1.11 bits per heavy atom. The molecule has 3 heteroatoms. The van der Waals surface area contributed by atoms with Crippen molar-refractivity contribution >= 4 is 31.9 Å². The Kier molecular flexibility index (Phi) is 5.44. The first kappa shape index (κ1) is 9.40. The molecule has 9 heavy (non-hydrogen) atoms. The largest absolute Gasteiger partial charge is 0.344 e. The highest BCUT2D eigenvalue weighted by molar-refractivity contribution is 9.10. The predicted molar refractivity (Wildman–Crippen MR) is 46.9 cm³/mol. The minimum atomic E-state index is -0.111. The van der Waals surface area contributed by atoms with Gasteiger partial charge in [-0.2, -0.15) is 0 Å². The SMILES string of the molecule is C=CC(Br)OC(Br)C=C. The Hall–Kier alpha value is 0.400. The minimum absolute atomic E-state index is 0.111. The first-order chi connectivity index (χ1) is 4.20. The summed E-state index contributed by atoms with van der Waals surface area (Å²) in [6.45, 7) is 7.04. The van der Waals surface area contributed by atoms with Gasteiger partial charge >= 0.3 is 0 Å². The summed E-state index contributed by atoms with van der Waals surface area (Å²) >= 11 is 6.40. The molecule has 0 heterocycles. The average molecular weight is 256 g/mol. The van der Waals surface area contributed by atoms with Crippen molar-refractivity contribution in [3.63, 3.8) is 0 Å². The fourth-order valence-corrected chi connectivity index (χ4v) is 0.990. The highest BCUT2D eigenvalue weighted by atomic mass is 79.9. The molecule has 0 aromatic carbocycles. The van der Waals surface area contributed by atoms with Crippen molar-refractivity contribution in [3.8, 4) is 0 Å². The van der Waals surface area contributed by atoms with Gasteiger partial charge in [-0.25, -0.2) is 0 Å². The smallest absolute Gasteiger partial charge is 0.132 e. The standard InChI is InChI=1S/C6H8Br2O/c1-3-5(7)9-6(8)4-2/h3-6H,1-2H2. The molecule has 0 saturated carbocycles. The third-order valence-electron chi connectivity index (χ3n) is 0.631. The third kappa shape index (κ3) is 4.88. The number of hydrogen-bond donors (Lipinski definition) is 0. The average Bonchev–Trinajstić information content (AvgIpc) is 1.87. The van der Waals surface area contributed by atoms with Crippen LogP contribution in [0.4, 0.5) is 0 Å². The van der Waals surface area contributed by atoms with E-state index in [4.69, 9.17) is 4.74 Å². The lowest BCUT2D eigenvalue weighted by Crippen LogP contribution is -2.06. The Labute approximate surface area is 72.0 Å². The molecule has 0 bridgehead atoms. The van der Waals surface area contributed by atoms with Crippen LogP contribution >= 0.6 is 31.9 Å². The van der Waals surface area contributed by atoms with E-state index in [9.17, 15) is 0 Å². The molecular weight excluding hydrogens is 248 g/mol. The molecule has 2 atom stereocenters. The second-order valence-electron chi connectivity index (χ2n) is 1.31.